The van der Waals surface area contributed by atoms with Gasteiger partial charge in [0.1, 0.15) is 0 Å². The number of carbonyl (C=O) groups excluding carboxylic acids is 2. The van der Waals surface area contributed by atoms with Crippen LogP contribution in [0.15, 0.2) is 18.2 Å². The smallest absolute Gasteiger partial charge is 0.311 e. The molecule has 0 bridgehead atoms. The van der Waals surface area contributed by atoms with Crippen LogP contribution in [0.25, 0.3) is 10.2 Å². The number of rotatable bonds is 2. The lowest BCUT2D eigenvalue weighted by atomic mass is 10.1. The maximum absolute atomic E-state index is 12.1. The van der Waals surface area contributed by atoms with Gasteiger partial charge in [-0.15, -0.1) is 0 Å². The molecule has 2 aromatic rings. The van der Waals surface area contributed by atoms with Crippen LogP contribution in [0.4, 0.5) is 5.13 Å². The Bertz CT molecular complexity index is 695. The molecule has 0 aliphatic carbocycles. The van der Waals surface area contributed by atoms with Crippen molar-refractivity contribution in [3.05, 3.63) is 23.8 Å². The van der Waals surface area contributed by atoms with Crippen LogP contribution in [0.5, 0.6) is 0 Å². The Balaban J connectivity index is 1.93. The molecule has 1 aromatic heterocycles. The highest BCUT2D eigenvalue weighted by atomic mass is 32.1. The van der Waals surface area contributed by atoms with Crippen LogP contribution in [-0.4, -0.2) is 30.5 Å². The molecule has 1 atom stereocenters. The number of amides is 1. The van der Waals surface area contributed by atoms with Gasteiger partial charge in [0, 0.05) is 13.0 Å². The zero-order valence-corrected chi connectivity index (χ0v) is 12.1. The first-order chi connectivity index (χ1) is 9.60. The van der Waals surface area contributed by atoms with Gasteiger partial charge >= 0.3 is 5.97 Å². The standard InChI is InChI=1S/C14H14N2O3S/c1-8-4-3-5-10-12(8)15-14(20-10)16-7-9(6-11(16)17)13(18)19-2/h3-5,9H,6-7H2,1-2H3. The molecule has 1 unspecified atom stereocenters. The average molecular weight is 290 g/mol. The second-order valence-corrected chi connectivity index (χ2v) is 5.86. The Kier molecular flexibility index (Phi) is 3.17. The van der Waals surface area contributed by atoms with Crippen LogP contribution in [0, 0.1) is 12.8 Å². The third-order valence-electron chi connectivity index (χ3n) is 3.50. The van der Waals surface area contributed by atoms with E-state index in [9.17, 15) is 9.59 Å². The Morgan fingerprint density at radius 3 is 3.00 bits per heavy atom. The largest absolute Gasteiger partial charge is 0.469 e. The highest BCUT2D eigenvalue weighted by molar-refractivity contribution is 7.22. The van der Waals surface area contributed by atoms with E-state index in [1.165, 1.54) is 18.4 Å². The van der Waals surface area contributed by atoms with E-state index >= 15 is 0 Å². The van der Waals surface area contributed by atoms with Crippen molar-refractivity contribution >= 4 is 38.6 Å². The van der Waals surface area contributed by atoms with Crippen molar-refractivity contribution in [2.45, 2.75) is 13.3 Å². The van der Waals surface area contributed by atoms with Gasteiger partial charge in [-0.3, -0.25) is 14.5 Å². The fourth-order valence-electron chi connectivity index (χ4n) is 2.41. The Morgan fingerprint density at radius 2 is 2.30 bits per heavy atom. The molecule has 5 nitrogen and oxygen atoms in total. The van der Waals surface area contributed by atoms with Gasteiger partial charge < -0.3 is 4.74 Å². The second-order valence-electron chi connectivity index (χ2n) is 4.85. The lowest BCUT2D eigenvalue weighted by Gasteiger charge is -2.11. The summed E-state index contributed by atoms with van der Waals surface area (Å²) >= 11 is 1.48. The van der Waals surface area contributed by atoms with Crippen LogP contribution in [0.2, 0.25) is 0 Å². The summed E-state index contributed by atoms with van der Waals surface area (Å²) in [5, 5.41) is 0.658. The molecule has 0 radical (unpaired) electrons. The number of carbonyl (C=O) groups is 2. The number of hydrogen-bond acceptors (Lipinski definition) is 5. The summed E-state index contributed by atoms with van der Waals surface area (Å²) < 4.78 is 5.76. The lowest BCUT2D eigenvalue weighted by Crippen LogP contribution is -2.25. The molecule has 1 fully saturated rings. The minimum Gasteiger partial charge on any atom is -0.469 e. The van der Waals surface area contributed by atoms with Crippen molar-refractivity contribution in [2.24, 2.45) is 5.92 Å². The molecule has 104 valence electrons. The van der Waals surface area contributed by atoms with E-state index in [4.69, 9.17) is 4.74 Å². The molecule has 20 heavy (non-hydrogen) atoms. The number of ether oxygens (including phenoxy) is 1. The number of hydrogen-bond donors (Lipinski definition) is 0. The van der Waals surface area contributed by atoms with Gasteiger partial charge in [0.15, 0.2) is 5.13 Å². The predicted molar refractivity (Wildman–Crippen MR) is 76.8 cm³/mol. The van der Waals surface area contributed by atoms with Crippen molar-refractivity contribution in [1.29, 1.82) is 0 Å². The first kappa shape index (κ1) is 13.1. The molecule has 0 saturated carbocycles. The van der Waals surface area contributed by atoms with E-state index in [2.05, 4.69) is 4.98 Å². The molecule has 0 spiro atoms. The second kappa shape index (κ2) is 4.86. The van der Waals surface area contributed by atoms with E-state index in [-0.39, 0.29) is 24.2 Å². The van der Waals surface area contributed by atoms with Crippen LogP contribution in [0.3, 0.4) is 0 Å². The molecule has 2 heterocycles. The SMILES string of the molecule is COC(=O)C1CC(=O)N(c2nc3c(C)cccc3s2)C1. The molecule has 1 aliphatic heterocycles. The summed E-state index contributed by atoms with van der Waals surface area (Å²) in [7, 11) is 1.34. The Labute approximate surface area is 120 Å². The topological polar surface area (TPSA) is 59.5 Å². The van der Waals surface area contributed by atoms with Crippen LogP contribution >= 0.6 is 11.3 Å². The molecule has 1 aromatic carbocycles. The third kappa shape index (κ3) is 2.06. The monoisotopic (exact) mass is 290 g/mol. The van der Waals surface area contributed by atoms with E-state index in [0.717, 1.165) is 15.8 Å². The van der Waals surface area contributed by atoms with Crippen LogP contribution in [-0.2, 0) is 14.3 Å². The number of thiazole rings is 1. The molecule has 1 aliphatic rings. The van der Waals surface area contributed by atoms with Gasteiger partial charge in [-0.25, -0.2) is 4.98 Å². The van der Waals surface area contributed by atoms with E-state index in [1.54, 1.807) is 4.90 Å². The summed E-state index contributed by atoms with van der Waals surface area (Å²) in [5.74, 6) is -0.795. The van der Waals surface area contributed by atoms with Crippen molar-refractivity contribution in [3.63, 3.8) is 0 Å². The highest BCUT2D eigenvalue weighted by Gasteiger charge is 2.37. The van der Waals surface area contributed by atoms with Crippen molar-refractivity contribution in [2.75, 3.05) is 18.6 Å². The summed E-state index contributed by atoms with van der Waals surface area (Å²) in [5.41, 5.74) is 2.00. The first-order valence-corrected chi connectivity index (χ1v) is 7.16. The van der Waals surface area contributed by atoms with Crippen molar-refractivity contribution in [3.8, 4) is 0 Å². The quantitative estimate of drug-likeness (QED) is 0.795. The van der Waals surface area contributed by atoms with E-state index in [0.29, 0.717) is 11.7 Å². The maximum Gasteiger partial charge on any atom is 0.311 e. The first-order valence-electron chi connectivity index (χ1n) is 6.34. The Morgan fingerprint density at radius 1 is 1.50 bits per heavy atom. The van der Waals surface area contributed by atoms with Crippen molar-refractivity contribution < 1.29 is 14.3 Å². The normalized spacial score (nSPS) is 18.8. The van der Waals surface area contributed by atoms with Gasteiger partial charge in [-0.2, -0.15) is 0 Å². The van der Waals surface area contributed by atoms with Gasteiger partial charge in [-0.05, 0) is 18.6 Å². The van der Waals surface area contributed by atoms with Crippen molar-refractivity contribution in [1.82, 2.24) is 4.98 Å². The number of benzene rings is 1. The maximum atomic E-state index is 12.1. The number of nitrogens with zero attached hydrogens (tertiary/aromatic N) is 2. The number of aryl methyl sites for hydroxylation is 1. The van der Waals surface area contributed by atoms with E-state index < -0.39 is 0 Å². The van der Waals surface area contributed by atoms with Gasteiger partial charge in [0.2, 0.25) is 5.91 Å². The zero-order chi connectivity index (χ0) is 14.3. The molecular weight excluding hydrogens is 276 g/mol. The fraction of sp³-hybridized carbons (Fsp3) is 0.357. The number of anilines is 1. The number of esters is 1. The van der Waals surface area contributed by atoms with Gasteiger partial charge in [-0.1, -0.05) is 23.5 Å². The number of aromatic nitrogens is 1. The zero-order valence-electron chi connectivity index (χ0n) is 11.3. The number of para-hydroxylation sites is 1. The summed E-state index contributed by atoms with van der Waals surface area (Å²) in [6.07, 6.45) is 0.196. The number of methoxy groups -OCH3 is 1. The van der Waals surface area contributed by atoms with Crippen LogP contribution in [0.1, 0.15) is 12.0 Å². The summed E-state index contributed by atoms with van der Waals surface area (Å²) in [6, 6.07) is 5.96. The summed E-state index contributed by atoms with van der Waals surface area (Å²) in [6.45, 7) is 2.35. The molecular formula is C14H14N2O3S. The minimum atomic E-state index is -0.388. The highest BCUT2D eigenvalue weighted by Crippen LogP contribution is 2.34. The fourth-order valence-corrected chi connectivity index (χ4v) is 3.48. The van der Waals surface area contributed by atoms with Gasteiger partial charge in [0.05, 0.1) is 23.2 Å². The van der Waals surface area contributed by atoms with Gasteiger partial charge in [0.25, 0.3) is 0 Å². The summed E-state index contributed by atoms with van der Waals surface area (Å²) in [4.78, 5) is 29.7. The minimum absolute atomic E-state index is 0.0721. The Hall–Kier alpha value is -1.95. The van der Waals surface area contributed by atoms with E-state index in [1.807, 2.05) is 25.1 Å². The molecule has 1 amide bonds. The lowest BCUT2D eigenvalue weighted by molar-refractivity contribution is -0.145. The third-order valence-corrected chi connectivity index (χ3v) is 4.54. The number of fused-ring (bicyclic) bond motifs is 1. The molecule has 0 N–H and O–H groups in total. The molecule has 6 heteroatoms. The average Bonchev–Trinajstić information content (AvgIpc) is 3.02. The predicted octanol–water partition coefficient (Wildman–Crippen LogP) is 2.13. The molecule has 1 saturated heterocycles. The molecule has 3 rings (SSSR count). The van der Waals surface area contributed by atoms with Crippen LogP contribution < -0.4 is 4.90 Å².